The fraction of sp³-hybridized carbons (Fsp3) is 0.500. The first-order chi connectivity index (χ1) is 8.75. The van der Waals surface area contributed by atoms with Crippen LogP contribution in [-0.2, 0) is 4.79 Å². The van der Waals surface area contributed by atoms with E-state index >= 15 is 0 Å². The molecule has 1 aromatic carbocycles. The van der Waals surface area contributed by atoms with E-state index < -0.39 is 5.41 Å². The van der Waals surface area contributed by atoms with Gasteiger partial charge >= 0.3 is 0 Å². The molecule has 1 rings (SSSR count). The Labute approximate surface area is 115 Å². The highest BCUT2D eigenvalue weighted by Crippen LogP contribution is 2.24. The zero-order valence-electron chi connectivity index (χ0n) is 12.3. The second-order valence-electron chi connectivity index (χ2n) is 5.74. The first kappa shape index (κ1) is 15.4. The number of hydrogen-bond acceptors (Lipinski definition) is 3. The van der Waals surface area contributed by atoms with E-state index in [4.69, 9.17) is 4.74 Å². The maximum absolute atomic E-state index is 12.2. The minimum atomic E-state index is -0.972. The van der Waals surface area contributed by atoms with Crippen molar-refractivity contribution in [1.29, 1.82) is 0 Å². The highest BCUT2D eigenvalue weighted by atomic mass is 16.5. The predicted molar refractivity (Wildman–Crippen MR) is 75.6 cm³/mol. The Morgan fingerprint density at radius 1 is 1.16 bits per heavy atom. The number of ketones is 2. The van der Waals surface area contributed by atoms with Crippen molar-refractivity contribution in [2.24, 2.45) is 11.3 Å². The molecule has 19 heavy (non-hydrogen) atoms. The summed E-state index contributed by atoms with van der Waals surface area (Å²) in [7, 11) is 0. The molecule has 0 aliphatic carbocycles. The highest BCUT2D eigenvalue weighted by Gasteiger charge is 2.33. The Balaban J connectivity index is 2.82. The van der Waals surface area contributed by atoms with Gasteiger partial charge in [-0.15, -0.1) is 0 Å². The largest absolute Gasteiger partial charge is 0.493 e. The van der Waals surface area contributed by atoms with Crippen LogP contribution in [0, 0.1) is 11.3 Å². The summed E-state index contributed by atoms with van der Waals surface area (Å²) < 4.78 is 5.56. The number of rotatable bonds is 6. The van der Waals surface area contributed by atoms with Gasteiger partial charge in [-0.25, -0.2) is 0 Å². The van der Waals surface area contributed by atoms with Crippen LogP contribution in [0.15, 0.2) is 24.3 Å². The number of carbonyl (C=O) groups excluding carboxylic acids is 2. The summed E-state index contributed by atoms with van der Waals surface area (Å²) in [6.45, 7) is 9.55. The monoisotopic (exact) mass is 262 g/mol. The molecular formula is C16H22O3. The number of Topliss-reactive ketones (excluding diaryl/α,β-unsaturated/α-hetero) is 2. The number of carbonyl (C=O) groups is 2. The average Bonchev–Trinajstić information content (AvgIpc) is 2.35. The second-order valence-corrected chi connectivity index (χ2v) is 5.74. The zero-order chi connectivity index (χ0) is 14.6. The minimum absolute atomic E-state index is 0.127. The first-order valence-corrected chi connectivity index (χ1v) is 6.54. The van der Waals surface area contributed by atoms with Crippen molar-refractivity contribution >= 4 is 11.6 Å². The van der Waals surface area contributed by atoms with Gasteiger partial charge in [0.25, 0.3) is 0 Å². The number of ether oxygens (including phenoxy) is 1. The molecule has 0 bridgehead atoms. The van der Waals surface area contributed by atoms with E-state index in [0.29, 0.717) is 18.1 Å². The van der Waals surface area contributed by atoms with Gasteiger partial charge in [-0.3, -0.25) is 9.59 Å². The normalized spacial score (nSPS) is 11.5. The summed E-state index contributed by atoms with van der Waals surface area (Å²) in [6, 6.07) is 6.96. The summed E-state index contributed by atoms with van der Waals surface area (Å²) in [5, 5.41) is 0. The van der Waals surface area contributed by atoms with E-state index in [1.165, 1.54) is 6.92 Å². The summed E-state index contributed by atoms with van der Waals surface area (Å²) in [5.41, 5.74) is -0.433. The molecule has 1 aromatic rings. The lowest BCUT2D eigenvalue weighted by molar-refractivity contribution is -0.122. The number of benzene rings is 1. The Bertz CT molecular complexity index is 455. The van der Waals surface area contributed by atoms with Gasteiger partial charge in [0.1, 0.15) is 11.5 Å². The van der Waals surface area contributed by atoms with Gasteiger partial charge in [0.2, 0.25) is 0 Å². The van der Waals surface area contributed by atoms with Gasteiger partial charge in [-0.2, -0.15) is 0 Å². The van der Waals surface area contributed by atoms with Gasteiger partial charge in [0.05, 0.1) is 12.0 Å². The van der Waals surface area contributed by atoms with E-state index in [2.05, 4.69) is 13.8 Å². The molecule has 0 fully saturated rings. The van der Waals surface area contributed by atoms with Gasteiger partial charge in [-0.1, -0.05) is 13.8 Å². The molecule has 0 aliphatic heterocycles. The van der Waals surface area contributed by atoms with E-state index in [9.17, 15) is 9.59 Å². The first-order valence-electron chi connectivity index (χ1n) is 6.54. The van der Waals surface area contributed by atoms with Crippen LogP contribution in [0.5, 0.6) is 5.75 Å². The van der Waals surface area contributed by atoms with Crippen LogP contribution in [-0.4, -0.2) is 18.2 Å². The summed E-state index contributed by atoms with van der Waals surface area (Å²) >= 11 is 0. The Hall–Kier alpha value is -1.64. The number of hydrogen-bond donors (Lipinski definition) is 0. The topological polar surface area (TPSA) is 43.4 Å². The molecule has 0 aromatic heterocycles. The lowest BCUT2D eigenvalue weighted by Crippen LogP contribution is -2.31. The molecule has 0 unspecified atom stereocenters. The third-order valence-corrected chi connectivity index (χ3v) is 3.15. The van der Waals surface area contributed by atoms with Gasteiger partial charge < -0.3 is 4.74 Å². The van der Waals surface area contributed by atoms with Gasteiger partial charge in [-0.05, 0) is 51.0 Å². The van der Waals surface area contributed by atoms with E-state index in [-0.39, 0.29) is 11.6 Å². The standard InChI is InChI=1S/C16H22O3/c1-11(2)10-19-14-8-6-13(7-9-14)15(18)16(4,5)12(3)17/h6-9,11H,10H2,1-5H3. The molecule has 0 aliphatic rings. The Kier molecular flexibility index (Phi) is 4.87. The zero-order valence-corrected chi connectivity index (χ0v) is 12.3. The van der Waals surface area contributed by atoms with Gasteiger partial charge in [0, 0.05) is 5.56 Å². The Morgan fingerprint density at radius 2 is 1.68 bits per heavy atom. The fourth-order valence-corrected chi connectivity index (χ4v) is 1.49. The summed E-state index contributed by atoms with van der Waals surface area (Å²) in [5.74, 6) is 0.914. The van der Waals surface area contributed by atoms with Crippen LogP contribution in [0.4, 0.5) is 0 Å². The van der Waals surface area contributed by atoms with Crippen LogP contribution >= 0.6 is 0 Å². The van der Waals surface area contributed by atoms with Crippen molar-refractivity contribution in [3.63, 3.8) is 0 Å². The van der Waals surface area contributed by atoms with Crippen LogP contribution in [0.25, 0.3) is 0 Å². The molecule has 0 atom stereocenters. The molecule has 0 saturated carbocycles. The smallest absolute Gasteiger partial charge is 0.175 e. The van der Waals surface area contributed by atoms with Gasteiger partial charge in [0.15, 0.2) is 5.78 Å². The quantitative estimate of drug-likeness (QED) is 0.582. The predicted octanol–water partition coefficient (Wildman–Crippen LogP) is 3.52. The van der Waals surface area contributed by atoms with E-state index in [1.54, 1.807) is 38.1 Å². The lowest BCUT2D eigenvalue weighted by atomic mass is 9.81. The summed E-state index contributed by atoms with van der Waals surface area (Å²) in [4.78, 5) is 23.7. The average molecular weight is 262 g/mol. The summed E-state index contributed by atoms with van der Waals surface area (Å²) in [6.07, 6.45) is 0. The van der Waals surface area contributed by atoms with Crippen molar-refractivity contribution < 1.29 is 14.3 Å². The minimum Gasteiger partial charge on any atom is -0.493 e. The van der Waals surface area contributed by atoms with Crippen LogP contribution in [0.1, 0.15) is 45.0 Å². The fourth-order valence-electron chi connectivity index (χ4n) is 1.49. The molecule has 104 valence electrons. The van der Waals surface area contributed by atoms with Crippen molar-refractivity contribution in [3.05, 3.63) is 29.8 Å². The molecule has 0 N–H and O–H groups in total. The molecule has 0 saturated heterocycles. The van der Waals surface area contributed by atoms with E-state index in [1.807, 2.05) is 0 Å². The van der Waals surface area contributed by atoms with E-state index in [0.717, 1.165) is 5.75 Å². The molecule has 0 amide bonds. The molecule has 0 radical (unpaired) electrons. The Morgan fingerprint density at radius 3 is 2.11 bits per heavy atom. The molecule has 3 nitrogen and oxygen atoms in total. The maximum atomic E-state index is 12.2. The highest BCUT2D eigenvalue weighted by molar-refractivity contribution is 6.13. The van der Waals surface area contributed by atoms with Crippen LogP contribution < -0.4 is 4.74 Å². The SMILES string of the molecule is CC(=O)C(C)(C)C(=O)c1ccc(OCC(C)C)cc1. The van der Waals surface area contributed by atoms with Crippen molar-refractivity contribution in [1.82, 2.24) is 0 Å². The molecular weight excluding hydrogens is 240 g/mol. The third kappa shape index (κ3) is 3.91. The maximum Gasteiger partial charge on any atom is 0.175 e. The van der Waals surface area contributed by atoms with Crippen molar-refractivity contribution in [2.45, 2.75) is 34.6 Å². The lowest BCUT2D eigenvalue weighted by Gasteiger charge is -2.19. The van der Waals surface area contributed by atoms with Crippen molar-refractivity contribution in [3.8, 4) is 5.75 Å². The van der Waals surface area contributed by atoms with Crippen molar-refractivity contribution in [2.75, 3.05) is 6.61 Å². The third-order valence-electron chi connectivity index (χ3n) is 3.15. The molecule has 0 heterocycles. The molecule has 3 heteroatoms. The van der Waals surface area contributed by atoms with Crippen LogP contribution in [0.3, 0.4) is 0 Å². The molecule has 0 spiro atoms. The second kappa shape index (κ2) is 6.00. The van der Waals surface area contributed by atoms with Crippen LogP contribution in [0.2, 0.25) is 0 Å².